The molecule has 8 heteroatoms. The summed E-state index contributed by atoms with van der Waals surface area (Å²) in [5.41, 5.74) is 2.43. The molecule has 0 bridgehead atoms. The minimum Gasteiger partial charge on any atom is -0.382 e. The van der Waals surface area contributed by atoms with Crippen molar-refractivity contribution in [3.05, 3.63) is 41.9 Å². The Hall–Kier alpha value is -3.47. The molecule has 31 heavy (non-hydrogen) atoms. The average molecular weight is 416 g/mol. The zero-order chi connectivity index (χ0) is 21.5. The topological polar surface area (TPSA) is 109 Å². The lowest BCUT2D eigenvalue weighted by molar-refractivity contribution is 0.0863. The number of carbonyl (C=O) groups is 1. The molecule has 3 aromatic rings. The number of nitrogens with zero attached hydrogens (tertiary/aromatic N) is 5. The highest BCUT2D eigenvalue weighted by Gasteiger charge is 2.33. The normalized spacial score (nSPS) is 20.3. The average Bonchev–Trinajstić information content (AvgIpc) is 3.45. The molecule has 2 fully saturated rings. The van der Waals surface area contributed by atoms with Crippen LogP contribution in [0.5, 0.6) is 0 Å². The highest BCUT2D eigenvalue weighted by atomic mass is 16.1. The van der Waals surface area contributed by atoms with Gasteiger partial charge in [0.25, 0.3) is 5.91 Å². The molecule has 8 nitrogen and oxygen atoms in total. The van der Waals surface area contributed by atoms with E-state index in [0.717, 1.165) is 36.8 Å². The standard InChI is InChI=1S/C23H25N7O/c1-13(2)15-6-18(7-15)29-23(31)19-12-25-21(8-20(19)28-17-3-4-17)30-22-16(11-27-30)5-14(9-24)10-26-22/h5,8,10-13,15,17-18H,3-4,6-7H2,1-2H3,(H,25,28)(H,29,31)/t15-,18-. The largest absolute Gasteiger partial charge is 0.382 e. The van der Waals surface area contributed by atoms with Gasteiger partial charge in [-0.05, 0) is 43.6 Å². The number of amides is 1. The molecule has 0 aliphatic heterocycles. The zero-order valence-corrected chi connectivity index (χ0v) is 17.7. The molecule has 2 aliphatic rings. The molecule has 3 heterocycles. The van der Waals surface area contributed by atoms with Crippen molar-refractivity contribution in [1.29, 1.82) is 5.26 Å². The molecule has 2 aliphatic carbocycles. The van der Waals surface area contributed by atoms with Gasteiger partial charge in [-0.1, -0.05) is 13.8 Å². The van der Waals surface area contributed by atoms with Crippen LogP contribution in [0.1, 0.15) is 55.5 Å². The van der Waals surface area contributed by atoms with Gasteiger partial charge in [-0.3, -0.25) is 4.79 Å². The van der Waals surface area contributed by atoms with Gasteiger partial charge in [-0.2, -0.15) is 15.0 Å². The van der Waals surface area contributed by atoms with Crippen molar-refractivity contribution >= 4 is 22.6 Å². The van der Waals surface area contributed by atoms with Crippen LogP contribution in [0.3, 0.4) is 0 Å². The van der Waals surface area contributed by atoms with Crippen LogP contribution in [0.15, 0.2) is 30.7 Å². The van der Waals surface area contributed by atoms with E-state index < -0.39 is 0 Å². The second-order valence-electron chi connectivity index (χ2n) is 8.96. The maximum absolute atomic E-state index is 13.0. The van der Waals surface area contributed by atoms with Gasteiger partial charge in [-0.25, -0.2) is 9.97 Å². The fourth-order valence-corrected chi connectivity index (χ4v) is 4.05. The molecule has 2 N–H and O–H groups in total. The van der Waals surface area contributed by atoms with Gasteiger partial charge in [-0.15, -0.1) is 0 Å². The second kappa shape index (κ2) is 7.65. The number of rotatable bonds is 6. The van der Waals surface area contributed by atoms with E-state index in [0.29, 0.717) is 40.5 Å². The monoisotopic (exact) mass is 415 g/mol. The van der Waals surface area contributed by atoms with Gasteiger partial charge in [0.05, 0.1) is 23.0 Å². The molecule has 0 unspecified atom stereocenters. The van der Waals surface area contributed by atoms with Crippen LogP contribution >= 0.6 is 0 Å². The van der Waals surface area contributed by atoms with Crippen LogP contribution in [-0.4, -0.2) is 37.7 Å². The second-order valence-corrected chi connectivity index (χ2v) is 8.96. The molecule has 0 radical (unpaired) electrons. The lowest BCUT2D eigenvalue weighted by atomic mass is 9.73. The predicted molar refractivity (Wildman–Crippen MR) is 117 cm³/mol. The van der Waals surface area contributed by atoms with Crippen molar-refractivity contribution in [3.8, 4) is 11.9 Å². The van der Waals surface area contributed by atoms with Crippen LogP contribution in [0.4, 0.5) is 5.69 Å². The smallest absolute Gasteiger partial charge is 0.255 e. The van der Waals surface area contributed by atoms with Crippen LogP contribution in [-0.2, 0) is 0 Å². The Balaban J connectivity index is 1.42. The number of hydrogen-bond acceptors (Lipinski definition) is 6. The van der Waals surface area contributed by atoms with Gasteiger partial charge >= 0.3 is 0 Å². The van der Waals surface area contributed by atoms with E-state index in [2.05, 4.69) is 45.6 Å². The minimum absolute atomic E-state index is 0.0866. The first kappa shape index (κ1) is 19.5. The molecule has 158 valence electrons. The first-order valence-electron chi connectivity index (χ1n) is 10.8. The van der Waals surface area contributed by atoms with Crippen molar-refractivity contribution in [1.82, 2.24) is 25.1 Å². The first-order chi connectivity index (χ1) is 15.0. The van der Waals surface area contributed by atoms with Gasteiger partial charge < -0.3 is 10.6 Å². The van der Waals surface area contributed by atoms with E-state index in [1.54, 1.807) is 23.1 Å². The number of aromatic nitrogens is 4. The van der Waals surface area contributed by atoms with Crippen LogP contribution in [0.25, 0.3) is 16.9 Å². The number of pyridine rings is 2. The van der Waals surface area contributed by atoms with Gasteiger partial charge in [0.15, 0.2) is 11.5 Å². The van der Waals surface area contributed by atoms with E-state index in [4.69, 9.17) is 5.26 Å². The van der Waals surface area contributed by atoms with E-state index in [1.807, 2.05) is 6.07 Å². The van der Waals surface area contributed by atoms with E-state index in [9.17, 15) is 4.79 Å². The Morgan fingerprint density at radius 1 is 1.16 bits per heavy atom. The molecule has 0 spiro atoms. The molecule has 3 aromatic heterocycles. The van der Waals surface area contributed by atoms with Gasteiger partial charge in [0, 0.05) is 35.9 Å². The zero-order valence-electron chi connectivity index (χ0n) is 17.7. The third-order valence-electron chi connectivity index (χ3n) is 6.28. The minimum atomic E-state index is -0.0866. The SMILES string of the molecule is CC(C)[C@H]1C[C@H](NC(=O)c2cnc(-n3ncc4cc(C#N)cnc43)cc2NC2CC2)C1. The highest BCUT2D eigenvalue weighted by Crippen LogP contribution is 2.34. The number of anilines is 1. The lowest BCUT2D eigenvalue weighted by Crippen LogP contribution is -2.45. The van der Waals surface area contributed by atoms with Gasteiger partial charge in [0.2, 0.25) is 0 Å². The Labute approximate surface area is 180 Å². The fourth-order valence-electron chi connectivity index (χ4n) is 4.05. The van der Waals surface area contributed by atoms with Crippen molar-refractivity contribution in [3.63, 3.8) is 0 Å². The number of nitrogens with one attached hydrogen (secondary N) is 2. The van der Waals surface area contributed by atoms with E-state index >= 15 is 0 Å². The highest BCUT2D eigenvalue weighted by molar-refractivity contribution is 6.00. The fraction of sp³-hybridized carbons (Fsp3) is 0.435. The maximum Gasteiger partial charge on any atom is 0.255 e. The summed E-state index contributed by atoms with van der Waals surface area (Å²) in [6, 6.07) is 6.33. The summed E-state index contributed by atoms with van der Waals surface area (Å²) in [5, 5.41) is 20.9. The third kappa shape index (κ3) is 3.83. The summed E-state index contributed by atoms with van der Waals surface area (Å²) in [4.78, 5) is 21.8. The van der Waals surface area contributed by atoms with Gasteiger partial charge in [0.1, 0.15) is 6.07 Å². The number of hydrogen-bond donors (Lipinski definition) is 2. The maximum atomic E-state index is 13.0. The van der Waals surface area contributed by atoms with Crippen molar-refractivity contribution in [2.24, 2.45) is 11.8 Å². The summed E-state index contributed by atoms with van der Waals surface area (Å²) < 4.78 is 1.63. The molecule has 0 saturated heterocycles. The molecule has 1 amide bonds. The Kier molecular flexibility index (Phi) is 4.81. The number of carbonyl (C=O) groups excluding carboxylic acids is 1. The molecule has 5 rings (SSSR count). The van der Waals surface area contributed by atoms with Crippen molar-refractivity contribution < 1.29 is 4.79 Å². The molecule has 0 atom stereocenters. The third-order valence-corrected chi connectivity index (χ3v) is 6.28. The number of fused-ring (bicyclic) bond motifs is 1. The Morgan fingerprint density at radius 3 is 2.68 bits per heavy atom. The van der Waals surface area contributed by atoms with Crippen LogP contribution in [0.2, 0.25) is 0 Å². The molecule has 2 saturated carbocycles. The summed E-state index contributed by atoms with van der Waals surface area (Å²) in [6.45, 7) is 4.47. The van der Waals surface area contributed by atoms with Crippen LogP contribution in [0, 0.1) is 23.2 Å². The summed E-state index contributed by atoms with van der Waals surface area (Å²) in [7, 11) is 0. The van der Waals surface area contributed by atoms with Crippen molar-refractivity contribution in [2.45, 2.75) is 51.6 Å². The summed E-state index contributed by atoms with van der Waals surface area (Å²) >= 11 is 0. The summed E-state index contributed by atoms with van der Waals surface area (Å²) in [6.07, 6.45) is 9.08. The Bertz CT molecular complexity index is 1180. The van der Waals surface area contributed by atoms with E-state index in [1.165, 1.54) is 6.20 Å². The molecular weight excluding hydrogens is 390 g/mol. The molecular formula is C23H25N7O. The van der Waals surface area contributed by atoms with Crippen LogP contribution < -0.4 is 10.6 Å². The molecule has 0 aromatic carbocycles. The number of nitriles is 1. The predicted octanol–water partition coefficient (Wildman–Crippen LogP) is 3.43. The quantitative estimate of drug-likeness (QED) is 0.638. The lowest BCUT2D eigenvalue weighted by Gasteiger charge is -2.38. The van der Waals surface area contributed by atoms with E-state index in [-0.39, 0.29) is 11.9 Å². The Morgan fingerprint density at radius 2 is 1.97 bits per heavy atom. The van der Waals surface area contributed by atoms with Crippen molar-refractivity contribution in [2.75, 3.05) is 5.32 Å². The summed E-state index contributed by atoms with van der Waals surface area (Å²) in [5.74, 6) is 1.84. The first-order valence-corrected chi connectivity index (χ1v) is 10.8.